The number of non-ortho nitro benzene ring substituents is 1. The maximum Gasteiger partial charge on any atom is 0.271 e. The Morgan fingerprint density at radius 2 is 1.68 bits per heavy atom. The van der Waals surface area contributed by atoms with Crippen LogP contribution in [-0.4, -0.2) is 40.5 Å². The third-order valence-corrected chi connectivity index (χ3v) is 8.33. The largest absolute Gasteiger partial charge is 0.325 e. The molecular formula is C22H20Cl2N4O7S2. The summed E-state index contributed by atoms with van der Waals surface area (Å²) in [5.41, 5.74) is 0.335. The van der Waals surface area contributed by atoms with Crippen molar-refractivity contribution in [2.24, 2.45) is 0 Å². The molecule has 3 rings (SSSR count). The summed E-state index contributed by atoms with van der Waals surface area (Å²) in [6.45, 7) is 0.884. The van der Waals surface area contributed by atoms with Crippen molar-refractivity contribution in [3.63, 3.8) is 0 Å². The van der Waals surface area contributed by atoms with Crippen molar-refractivity contribution in [1.82, 2.24) is 0 Å². The van der Waals surface area contributed by atoms with Crippen LogP contribution in [0.3, 0.4) is 0 Å². The van der Waals surface area contributed by atoms with Gasteiger partial charge < -0.3 is 5.32 Å². The Labute approximate surface area is 223 Å². The first-order chi connectivity index (χ1) is 17.2. The Morgan fingerprint density at radius 3 is 2.27 bits per heavy atom. The van der Waals surface area contributed by atoms with Gasteiger partial charge in [-0.05, 0) is 48.9 Å². The smallest absolute Gasteiger partial charge is 0.271 e. The molecule has 196 valence electrons. The zero-order valence-corrected chi connectivity index (χ0v) is 22.5. The van der Waals surface area contributed by atoms with E-state index < -0.39 is 37.4 Å². The van der Waals surface area contributed by atoms with Crippen LogP contribution in [0.5, 0.6) is 0 Å². The Kier molecular flexibility index (Phi) is 8.32. The summed E-state index contributed by atoms with van der Waals surface area (Å²) < 4.78 is 53.3. The molecule has 0 unspecified atom stereocenters. The molecular weight excluding hydrogens is 567 g/mol. The summed E-state index contributed by atoms with van der Waals surface area (Å²) in [5, 5.41) is 13.8. The zero-order chi connectivity index (χ0) is 27.5. The van der Waals surface area contributed by atoms with Crippen LogP contribution in [-0.2, 0) is 24.8 Å². The standard InChI is InChI=1S/C22H20Cl2N4O7S2/c1-14-6-9-16(28(30)31)12-20(14)27(36(2,32)33)13-21(29)25-15-7-10-17(11-8-15)37(34,35)26-19-5-3-4-18(23)22(19)24/h3-12,26H,13H2,1-2H3,(H,25,29). The molecule has 0 fully saturated rings. The van der Waals surface area contributed by atoms with Crippen molar-refractivity contribution in [3.8, 4) is 0 Å². The average molecular weight is 587 g/mol. The van der Waals surface area contributed by atoms with E-state index in [1.54, 1.807) is 6.92 Å². The van der Waals surface area contributed by atoms with Gasteiger partial charge >= 0.3 is 0 Å². The van der Waals surface area contributed by atoms with E-state index in [1.807, 2.05) is 0 Å². The summed E-state index contributed by atoms with van der Waals surface area (Å²) in [4.78, 5) is 23.0. The van der Waals surface area contributed by atoms with Crippen molar-refractivity contribution in [3.05, 3.63) is 86.4 Å². The average Bonchev–Trinajstić information content (AvgIpc) is 2.80. The Balaban J connectivity index is 1.78. The molecule has 11 nitrogen and oxygen atoms in total. The normalized spacial score (nSPS) is 11.6. The van der Waals surface area contributed by atoms with E-state index in [-0.39, 0.29) is 37.7 Å². The van der Waals surface area contributed by atoms with Crippen LogP contribution in [0, 0.1) is 17.0 Å². The van der Waals surface area contributed by atoms with Gasteiger partial charge in [-0.2, -0.15) is 0 Å². The first-order valence-corrected chi connectivity index (χ1v) is 14.4. The molecule has 0 aliphatic rings. The highest BCUT2D eigenvalue weighted by Crippen LogP contribution is 2.31. The molecule has 37 heavy (non-hydrogen) atoms. The Bertz CT molecular complexity index is 1580. The van der Waals surface area contributed by atoms with E-state index >= 15 is 0 Å². The van der Waals surface area contributed by atoms with Crippen LogP contribution in [0.25, 0.3) is 0 Å². The highest BCUT2D eigenvalue weighted by atomic mass is 35.5. The minimum absolute atomic E-state index is 0.0148. The molecule has 0 aliphatic heterocycles. The van der Waals surface area contributed by atoms with Crippen LogP contribution in [0.4, 0.5) is 22.7 Å². The predicted octanol–water partition coefficient (Wildman–Crippen LogP) is 4.42. The third-order valence-electron chi connectivity index (χ3n) is 5.00. The van der Waals surface area contributed by atoms with Crippen LogP contribution < -0.4 is 14.3 Å². The highest BCUT2D eigenvalue weighted by molar-refractivity contribution is 7.92. The van der Waals surface area contributed by atoms with E-state index in [0.717, 1.165) is 16.6 Å². The highest BCUT2D eigenvalue weighted by Gasteiger charge is 2.25. The summed E-state index contributed by atoms with van der Waals surface area (Å²) >= 11 is 11.9. The van der Waals surface area contributed by atoms with E-state index in [1.165, 1.54) is 54.6 Å². The van der Waals surface area contributed by atoms with Crippen molar-refractivity contribution < 1.29 is 26.6 Å². The number of halogens is 2. The second kappa shape index (κ2) is 10.9. The van der Waals surface area contributed by atoms with E-state index in [0.29, 0.717) is 5.56 Å². The van der Waals surface area contributed by atoms with E-state index in [4.69, 9.17) is 23.2 Å². The van der Waals surface area contributed by atoms with E-state index in [9.17, 15) is 31.7 Å². The monoisotopic (exact) mass is 586 g/mol. The third kappa shape index (κ3) is 6.89. The lowest BCUT2D eigenvalue weighted by atomic mass is 10.2. The van der Waals surface area contributed by atoms with Gasteiger partial charge in [-0.1, -0.05) is 35.3 Å². The number of carbonyl (C=O) groups excluding carboxylic acids is 1. The number of anilines is 3. The number of sulfonamides is 2. The first kappa shape index (κ1) is 28.2. The number of nitro benzene ring substituents is 1. The van der Waals surface area contributed by atoms with Crippen molar-refractivity contribution in [2.75, 3.05) is 27.1 Å². The number of hydrogen-bond acceptors (Lipinski definition) is 7. The Morgan fingerprint density at radius 1 is 1.03 bits per heavy atom. The number of nitrogens with zero attached hydrogens (tertiary/aromatic N) is 2. The van der Waals surface area contributed by atoms with Gasteiger partial charge in [0.25, 0.3) is 15.7 Å². The molecule has 0 saturated carbocycles. The molecule has 0 aliphatic carbocycles. The SMILES string of the molecule is Cc1ccc([N+](=O)[O-])cc1N(CC(=O)Nc1ccc(S(=O)(=O)Nc2cccc(Cl)c2Cl)cc1)S(C)(=O)=O. The fourth-order valence-electron chi connectivity index (χ4n) is 3.20. The van der Waals surface area contributed by atoms with Gasteiger partial charge in [0.05, 0.1) is 37.5 Å². The van der Waals surface area contributed by atoms with Gasteiger partial charge in [0, 0.05) is 17.8 Å². The quantitative estimate of drug-likeness (QED) is 0.277. The number of aryl methyl sites for hydroxylation is 1. The Hall–Kier alpha value is -3.39. The molecule has 0 aromatic heterocycles. The van der Waals surface area contributed by atoms with E-state index in [2.05, 4.69) is 10.0 Å². The van der Waals surface area contributed by atoms with Crippen LogP contribution in [0.1, 0.15) is 5.56 Å². The van der Waals surface area contributed by atoms with Gasteiger partial charge in [-0.25, -0.2) is 16.8 Å². The molecule has 0 saturated heterocycles. The lowest BCUT2D eigenvalue weighted by Gasteiger charge is -2.23. The summed E-state index contributed by atoms with van der Waals surface area (Å²) in [7, 11) is -8.03. The molecule has 15 heteroatoms. The number of benzene rings is 3. The summed E-state index contributed by atoms with van der Waals surface area (Å²) in [5.74, 6) is -0.754. The first-order valence-electron chi connectivity index (χ1n) is 10.3. The predicted molar refractivity (Wildman–Crippen MR) is 142 cm³/mol. The molecule has 0 radical (unpaired) electrons. The van der Waals surface area contributed by atoms with Crippen LogP contribution in [0.15, 0.2) is 65.6 Å². The molecule has 0 bridgehead atoms. The lowest BCUT2D eigenvalue weighted by Crippen LogP contribution is -2.37. The fraction of sp³-hybridized carbons (Fsp3) is 0.136. The minimum Gasteiger partial charge on any atom is -0.325 e. The number of carbonyl (C=O) groups is 1. The molecule has 0 heterocycles. The second-order valence-electron chi connectivity index (χ2n) is 7.78. The van der Waals surface area contributed by atoms with Crippen molar-refractivity contribution in [1.29, 1.82) is 0 Å². The van der Waals surface area contributed by atoms with Gasteiger partial charge in [-0.15, -0.1) is 0 Å². The van der Waals surface area contributed by atoms with Crippen LogP contribution in [0.2, 0.25) is 10.0 Å². The van der Waals surface area contributed by atoms with Gasteiger partial charge in [0.1, 0.15) is 6.54 Å². The molecule has 0 spiro atoms. The van der Waals surface area contributed by atoms with Gasteiger partial charge in [0.15, 0.2) is 0 Å². The van der Waals surface area contributed by atoms with Gasteiger partial charge in [-0.3, -0.25) is 23.9 Å². The number of nitro groups is 1. The van der Waals surface area contributed by atoms with Crippen molar-refractivity contribution >= 4 is 71.9 Å². The maximum absolute atomic E-state index is 12.7. The molecule has 3 aromatic carbocycles. The van der Waals surface area contributed by atoms with Gasteiger partial charge in [0.2, 0.25) is 15.9 Å². The number of amides is 1. The summed E-state index contributed by atoms with van der Waals surface area (Å²) in [6, 6.07) is 13.2. The second-order valence-corrected chi connectivity index (χ2v) is 12.2. The number of nitrogens with one attached hydrogen (secondary N) is 2. The summed E-state index contributed by atoms with van der Waals surface area (Å²) in [6.07, 6.45) is 0.872. The maximum atomic E-state index is 12.7. The zero-order valence-electron chi connectivity index (χ0n) is 19.3. The lowest BCUT2D eigenvalue weighted by molar-refractivity contribution is -0.384. The fourth-order valence-corrected chi connectivity index (χ4v) is 5.58. The number of rotatable bonds is 9. The molecule has 1 amide bonds. The molecule has 0 atom stereocenters. The van der Waals surface area contributed by atoms with Crippen molar-refractivity contribution in [2.45, 2.75) is 11.8 Å². The number of hydrogen-bond donors (Lipinski definition) is 2. The topological polar surface area (TPSA) is 156 Å². The minimum atomic E-state index is -4.04. The molecule has 3 aromatic rings. The van der Waals surface area contributed by atoms with Crippen LogP contribution >= 0.6 is 23.2 Å². The molecule has 2 N–H and O–H groups in total.